The highest BCUT2D eigenvalue weighted by Gasteiger charge is 2.51. The Balaban J connectivity index is 0.000000100. The lowest BCUT2D eigenvalue weighted by atomic mass is 9.48. The summed E-state index contributed by atoms with van der Waals surface area (Å²) in [6.07, 6.45) is 37.1. The van der Waals surface area contributed by atoms with Crippen LogP contribution in [0.15, 0.2) is 0 Å². The molecule has 264 valence electrons. The Morgan fingerprint density at radius 2 is 0.913 bits per heavy atom. The largest absolute Gasteiger partial charge is 0.330 e. The number of unbranched alkanes of at least 4 members (excludes halogenated alkanes) is 1. The zero-order valence-corrected chi connectivity index (χ0v) is 30.0. The predicted molar refractivity (Wildman–Crippen MR) is 194 cm³/mol. The van der Waals surface area contributed by atoms with E-state index in [1.54, 1.807) is 44.9 Å². The SMILES string of the molecule is NC1CC2CCC1C2.NCC12CC3CC(CC(C3)C1)C2.NCCCC1CC2CCC1C2.NCCCCC12CC3CC(CC(C3)C1)C2. The fraction of sp³-hybridized carbons (Fsp3) is 1.00. The Kier molecular flexibility index (Phi) is 11.2. The van der Waals surface area contributed by atoms with Crippen molar-refractivity contribution in [3.8, 4) is 0 Å². The molecular weight excluding hydrogens is 560 g/mol. The van der Waals surface area contributed by atoms with Gasteiger partial charge in [-0.05, 0) is 237 Å². The van der Waals surface area contributed by atoms with E-state index in [-0.39, 0.29) is 0 Å². The maximum absolute atomic E-state index is 5.93. The van der Waals surface area contributed by atoms with Gasteiger partial charge in [-0.2, -0.15) is 0 Å². The fourth-order valence-electron chi connectivity index (χ4n) is 15.2. The molecule has 12 fully saturated rings. The van der Waals surface area contributed by atoms with E-state index in [1.807, 2.05) is 0 Å². The molecule has 0 aromatic heterocycles. The van der Waals surface area contributed by atoms with Gasteiger partial charge in [-0.15, -0.1) is 0 Å². The van der Waals surface area contributed by atoms with Gasteiger partial charge in [-0.3, -0.25) is 0 Å². The molecule has 12 aliphatic carbocycles. The van der Waals surface area contributed by atoms with Crippen LogP contribution in [-0.2, 0) is 0 Å². The maximum Gasteiger partial charge on any atom is 0.00699 e. The fourth-order valence-corrected chi connectivity index (χ4v) is 15.2. The van der Waals surface area contributed by atoms with Gasteiger partial charge in [-0.25, -0.2) is 0 Å². The van der Waals surface area contributed by atoms with Crippen LogP contribution in [0.2, 0.25) is 0 Å². The topological polar surface area (TPSA) is 104 Å². The zero-order valence-electron chi connectivity index (χ0n) is 30.0. The molecule has 0 amide bonds. The Bertz CT molecular complexity index is 889. The molecule has 0 aromatic rings. The molecule has 6 atom stereocenters. The van der Waals surface area contributed by atoms with Gasteiger partial charge in [0, 0.05) is 6.04 Å². The number of nitrogens with two attached hydrogens (primary N) is 4. The van der Waals surface area contributed by atoms with Gasteiger partial charge in [0.1, 0.15) is 0 Å². The lowest BCUT2D eigenvalue weighted by molar-refractivity contribution is -0.0582. The molecule has 12 bridgehead atoms. The lowest BCUT2D eigenvalue weighted by Gasteiger charge is -2.57. The molecule has 0 aliphatic heterocycles. The molecule has 8 N–H and O–H groups in total. The molecule has 0 spiro atoms. The van der Waals surface area contributed by atoms with E-state index in [2.05, 4.69) is 0 Å². The van der Waals surface area contributed by atoms with Crippen LogP contribution in [-0.4, -0.2) is 25.7 Å². The first-order valence-corrected chi connectivity index (χ1v) is 21.2. The van der Waals surface area contributed by atoms with Gasteiger partial charge in [0.05, 0.1) is 0 Å². The Labute approximate surface area is 284 Å². The van der Waals surface area contributed by atoms with Crippen molar-refractivity contribution in [3.05, 3.63) is 0 Å². The van der Waals surface area contributed by atoms with Crippen LogP contribution in [0.3, 0.4) is 0 Å². The van der Waals surface area contributed by atoms with Gasteiger partial charge < -0.3 is 22.9 Å². The van der Waals surface area contributed by atoms with Crippen LogP contribution in [0.5, 0.6) is 0 Å². The van der Waals surface area contributed by atoms with Gasteiger partial charge >= 0.3 is 0 Å². The average molecular weight is 637 g/mol. The molecule has 0 radical (unpaired) electrons. The van der Waals surface area contributed by atoms with Gasteiger partial charge in [0.25, 0.3) is 0 Å². The summed E-state index contributed by atoms with van der Waals surface area (Å²) in [5.74, 6) is 11.8. The highest BCUT2D eigenvalue weighted by molar-refractivity contribution is 5.02. The Morgan fingerprint density at radius 1 is 0.435 bits per heavy atom. The molecule has 12 rings (SSSR count). The molecule has 0 heterocycles. The predicted octanol–water partition coefficient (Wildman–Crippen LogP) is 8.79. The quantitative estimate of drug-likeness (QED) is 0.200. The summed E-state index contributed by atoms with van der Waals surface area (Å²) >= 11 is 0. The van der Waals surface area contributed by atoms with Crippen molar-refractivity contribution in [3.63, 3.8) is 0 Å². The normalized spacial score (nSPS) is 49.3. The van der Waals surface area contributed by atoms with E-state index >= 15 is 0 Å². The third-order valence-electron chi connectivity index (χ3n) is 16.4. The van der Waals surface area contributed by atoms with Crippen molar-refractivity contribution in [1.29, 1.82) is 0 Å². The molecule has 12 saturated carbocycles. The first kappa shape index (κ1) is 34.3. The summed E-state index contributed by atoms with van der Waals surface area (Å²) in [5.41, 5.74) is 24.3. The second-order valence-corrected chi connectivity index (χ2v) is 20.0. The van der Waals surface area contributed by atoms with E-state index in [1.165, 1.54) is 116 Å². The number of hydrogen-bond donors (Lipinski definition) is 4. The summed E-state index contributed by atoms with van der Waals surface area (Å²) < 4.78 is 0. The molecular formula is C42H76N4. The lowest BCUT2D eigenvalue weighted by Crippen LogP contribution is -2.49. The monoisotopic (exact) mass is 637 g/mol. The van der Waals surface area contributed by atoms with E-state index < -0.39 is 0 Å². The second-order valence-electron chi connectivity index (χ2n) is 20.0. The number of fused-ring (bicyclic) bond motifs is 4. The molecule has 46 heavy (non-hydrogen) atoms. The van der Waals surface area contributed by atoms with Crippen molar-refractivity contribution in [2.24, 2.45) is 98.9 Å². The third-order valence-corrected chi connectivity index (χ3v) is 16.4. The van der Waals surface area contributed by atoms with Crippen LogP contribution < -0.4 is 22.9 Å². The van der Waals surface area contributed by atoms with Crippen LogP contribution in [0.25, 0.3) is 0 Å². The van der Waals surface area contributed by atoms with Gasteiger partial charge in [0.15, 0.2) is 0 Å². The molecule has 6 unspecified atom stereocenters. The van der Waals surface area contributed by atoms with Crippen LogP contribution in [0.1, 0.15) is 161 Å². The first-order chi connectivity index (χ1) is 22.3. The highest BCUT2D eigenvalue weighted by atomic mass is 14.7. The van der Waals surface area contributed by atoms with E-state index in [4.69, 9.17) is 22.9 Å². The Morgan fingerprint density at radius 3 is 1.26 bits per heavy atom. The molecule has 4 nitrogen and oxygen atoms in total. The standard InChI is InChI=1S/C14H25N.C11H19N.C10H19N.C7H13N/c15-4-2-1-3-14-8-11-5-12(9-14)7-13(6-11)10-14;12-7-11-4-8-1-9(5-11)3-10(2-8)6-11;11-5-1-2-9-6-8-3-4-10(9)7-8;8-7-4-5-1-2-6(7)3-5/h11-13H,1-10,15H2;8-10H,1-7,12H2;8-10H,1-7,11H2;5-7H,1-4,8H2. The minimum absolute atomic E-state index is 0.578. The second kappa shape index (κ2) is 15.0. The van der Waals surface area contributed by atoms with Crippen LogP contribution >= 0.6 is 0 Å². The van der Waals surface area contributed by atoms with E-state index in [9.17, 15) is 0 Å². The summed E-state index contributed by atoms with van der Waals surface area (Å²) in [6.45, 7) is 2.76. The van der Waals surface area contributed by atoms with Crippen molar-refractivity contribution >= 4 is 0 Å². The molecule has 0 aromatic carbocycles. The van der Waals surface area contributed by atoms with Crippen molar-refractivity contribution < 1.29 is 0 Å². The minimum Gasteiger partial charge on any atom is -0.330 e. The summed E-state index contributed by atoms with van der Waals surface area (Å²) in [6, 6.07) is 0.578. The van der Waals surface area contributed by atoms with Gasteiger partial charge in [0.2, 0.25) is 0 Å². The summed E-state index contributed by atoms with van der Waals surface area (Å²) in [7, 11) is 0. The summed E-state index contributed by atoms with van der Waals surface area (Å²) in [5, 5.41) is 0. The third kappa shape index (κ3) is 7.91. The van der Waals surface area contributed by atoms with Crippen LogP contribution in [0, 0.1) is 75.9 Å². The molecule has 0 saturated heterocycles. The molecule has 12 aliphatic rings. The van der Waals surface area contributed by atoms with Crippen molar-refractivity contribution in [2.45, 2.75) is 167 Å². The van der Waals surface area contributed by atoms with E-state index in [0.717, 1.165) is 90.1 Å². The minimum atomic E-state index is 0.578. The zero-order chi connectivity index (χ0) is 31.7. The van der Waals surface area contributed by atoms with Crippen molar-refractivity contribution in [2.75, 3.05) is 19.6 Å². The smallest absolute Gasteiger partial charge is 0.00699 e. The Hall–Kier alpha value is -0.160. The van der Waals surface area contributed by atoms with Crippen molar-refractivity contribution in [1.82, 2.24) is 0 Å². The van der Waals surface area contributed by atoms with Crippen LogP contribution in [0.4, 0.5) is 0 Å². The first-order valence-electron chi connectivity index (χ1n) is 21.2. The maximum atomic E-state index is 5.93. The number of hydrogen-bond acceptors (Lipinski definition) is 4. The highest BCUT2D eigenvalue weighted by Crippen LogP contribution is 2.62. The molecule has 4 heteroatoms. The number of rotatable bonds is 8. The average Bonchev–Trinajstić information content (AvgIpc) is 3.83. The summed E-state index contributed by atoms with van der Waals surface area (Å²) in [4.78, 5) is 0. The van der Waals surface area contributed by atoms with E-state index in [0.29, 0.717) is 11.5 Å². The van der Waals surface area contributed by atoms with Gasteiger partial charge in [-0.1, -0.05) is 19.3 Å².